The van der Waals surface area contributed by atoms with E-state index in [4.69, 9.17) is 4.42 Å². The number of rotatable bonds is 5. The predicted octanol–water partition coefficient (Wildman–Crippen LogP) is 3.56. The highest BCUT2D eigenvalue weighted by atomic mass is 16.3. The molecule has 0 radical (unpaired) electrons. The number of hydrogen-bond donors (Lipinski definition) is 0. The fourth-order valence-electron chi connectivity index (χ4n) is 3.54. The minimum Gasteiger partial charge on any atom is -0.464 e. The highest BCUT2D eigenvalue weighted by molar-refractivity contribution is 5.88. The molecule has 3 aromatic rings. The van der Waals surface area contributed by atoms with Gasteiger partial charge in [-0.2, -0.15) is 0 Å². The van der Waals surface area contributed by atoms with Crippen LogP contribution in [0, 0.1) is 0 Å². The molecule has 1 amide bonds. The van der Waals surface area contributed by atoms with Crippen LogP contribution < -0.4 is 0 Å². The van der Waals surface area contributed by atoms with Crippen molar-refractivity contribution in [3.8, 4) is 0 Å². The molecular weight excluding hydrogens is 312 g/mol. The summed E-state index contributed by atoms with van der Waals surface area (Å²) >= 11 is 0. The number of pyridine rings is 1. The fraction of sp³-hybridized carbons (Fsp3) is 0.333. The van der Waals surface area contributed by atoms with Crippen molar-refractivity contribution < 1.29 is 9.21 Å². The van der Waals surface area contributed by atoms with Crippen molar-refractivity contribution in [2.75, 3.05) is 13.6 Å². The summed E-state index contributed by atoms with van der Waals surface area (Å²) in [4.78, 5) is 18.7. The summed E-state index contributed by atoms with van der Waals surface area (Å²) in [7, 11) is 1.85. The Bertz CT molecular complexity index is 899. The molecule has 0 spiro atoms. The molecule has 1 aromatic carbocycles. The first-order valence-electron chi connectivity index (χ1n) is 8.86. The van der Waals surface area contributed by atoms with Crippen LogP contribution in [-0.2, 0) is 30.5 Å². The number of likely N-dealkylation sites (N-methyl/N-ethyl adjacent to an activating group) is 1. The van der Waals surface area contributed by atoms with Crippen LogP contribution in [0.4, 0.5) is 0 Å². The number of aromatic nitrogens is 1. The van der Waals surface area contributed by atoms with E-state index in [-0.39, 0.29) is 5.91 Å². The average molecular weight is 334 g/mol. The standard InChI is InChI=1S/C21H22N2O2/c1-23(10-8-18-7-2-3-9-22-18)21(24)13-17-14-25-20-12-16-6-4-5-15(16)11-19(17)20/h2-3,7,9,11-12,14H,4-6,8,10,13H2,1H3. The van der Waals surface area contributed by atoms with Crippen molar-refractivity contribution in [1.29, 1.82) is 0 Å². The predicted molar refractivity (Wildman–Crippen MR) is 97.5 cm³/mol. The maximum atomic E-state index is 12.6. The molecule has 0 saturated carbocycles. The van der Waals surface area contributed by atoms with Crippen molar-refractivity contribution in [2.24, 2.45) is 0 Å². The molecule has 25 heavy (non-hydrogen) atoms. The van der Waals surface area contributed by atoms with Gasteiger partial charge in [0.1, 0.15) is 5.58 Å². The smallest absolute Gasteiger partial charge is 0.226 e. The summed E-state index contributed by atoms with van der Waals surface area (Å²) in [6.07, 6.45) is 8.15. The zero-order valence-corrected chi connectivity index (χ0v) is 14.5. The van der Waals surface area contributed by atoms with Crippen LogP contribution in [0.5, 0.6) is 0 Å². The number of carbonyl (C=O) groups is 1. The summed E-state index contributed by atoms with van der Waals surface area (Å²) in [5.74, 6) is 0.110. The number of benzene rings is 1. The Morgan fingerprint density at radius 1 is 1.24 bits per heavy atom. The molecule has 0 aliphatic heterocycles. The van der Waals surface area contributed by atoms with Crippen molar-refractivity contribution in [3.05, 3.63) is 65.2 Å². The largest absolute Gasteiger partial charge is 0.464 e. The molecule has 0 N–H and O–H groups in total. The van der Waals surface area contributed by atoms with E-state index in [1.165, 1.54) is 17.5 Å². The summed E-state index contributed by atoms with van der Waals surface area (Å²) in [5, 5.41) is 1.09. The normalized spacial score (nSPS) is 13.2. The van der Waals surface area contributed by atoms with Crippen molar-refractivity contribution >= 4 is 16.9 Å². The van der Waals surface area contributed by atoms with E-state index in [9.17, 15) is 4.79 Å². The van der Waals surface area contributed by atoms with Crippen LogP contribution in [0.25, 0.3) is 11.0 Å². The number of amides is 1. The summed E-state index contributed by atoms with van der Waals surface area (Å²) in [6.45, 7) is 0.668. The van der Waals surface area contributed by atoms with Gasteiger partial charge in [-0.15, -0.1) is 0 Å². The molecule has 4 heteroatoms. The summed E-state index contributed by atoms with van der Waals surface area (Å²) < 4.78 is 5.70. The zero-order chi connectivity index (χ0) is 17.2. The lowest BCUT2D eigenvalue weighted by Gasteiger charge is -2.16. The van der Waals surface area contributed by atoms with Crippen molar-refractivity contribution in [3.63, 3.8) is 0 Å². The first-order valence-corrected chi connectivity index (χ1v) is 8.86. The van der Waals surface area contributed by atoms with Gasteiger partial charge in [-0.25, -0.2) is 0 Å². The Morgan fingerprint density at radius 2 is 2.08 bits per heavy atom. The van der Waals surface area contributed by atoms with Gasteiger partial charge in [-0.3, -0.25) is 9.78 Å². The summed E-state index contributed by atoms with van der Waals surface area (Å²) in [6, 6.07) is 10.2. The van der Waals surface area contributed by atoms with E-state index in [1.807, 2.05) is 25.2 Å². The zero-order valence-electron chi connectivity index (χ0n) is 14.5. The molecule has 1 aliphatic carbocycles. The molecule has 0 saturated heterocycles. The lowest BCUT2D eigenvalue weighted by molar-refractivity contribution is -0.129. The van der Waals surface area contributed by atoms with Crippen LogP contribution in [-0.4, -0.2) is 29.4 Å². The monoisotopic (exact) mass is 334 g/mol. The number of hydrogen-bond acceptors (Lipinski definition) is 3. The average Bonchev–Trinajstić information content (AvgIpc) is 3.25. The molecule has 0 fully saturated rings. The second kappa shape index (κ2) is 6.71. The van der Waals surface area contributed by atoms with E-state index in [0.29, 0.717) is 13.0 Å². The van der Waals surface area contributed by atoms with Gasteiger partial charge < -0.3 is 9.32 Å². The molecule has 0 atom stereocenters. The number of furan rings is 1. The fourth-order valence-corrected chi connectivity index (χ4v) is 3.54. The lowest BCUT2D eigenvalue weighted by atomic mass is 10.0. The van der Waals surface area contributed by atoms with Crippen LogP contribution in [0.3, 0.4) is 0 Å². The highest BCUT2D eigenvalue weighted by Crippen LogP contribution is 2.30. The Labute approximate surface area is 147 Å². The Hall–Kier alpha value is -2.62. The lowest BCUT2D eigenvalue weighted by Crippen LogP contribution is -2.30. The van der Waals surface area contributed by atoms with Gasteiger partial charge >= 0.3 is 0 Å². The number of carbonyl (C=O) groups excluding carboxylic acids is 1. The molecule has 4 nitrogen and oxygen atoms in total. The Morgan fingerprint density at radius 3 is 2.88 bits per heavy atom. The minimum atomic E-state index is 0.110. The third-order valence-corrected chi connectivity index (χ3v) is 5.07. The van der Waals surface area contributed by atoms with E-state index < -0.39 is 0 Å². The second-order valence-corrected chi connectivity index (χ2v) is 6.79. The van der Waals surface area contributed by atoms with E-state index in [0.717, 1.165) is 41.5 Å². The SMILES string of the molecule is CN(CCc1ccccn1)C(=O)Cc1coc2cc3c(cc12)CCC3. The topological polar surface area (TPSA) is 46.3 Å². The second-order valence-electron chi connectivity index (χ2n) is 6.79. The molecule has 0 unspecified atom stereocenters. The third-order valence-electron chi connectivity index (χ3n) is 5.07. The first-order chi connectivity index (χ1) is 12.2. The van der Waals surface area contributed by atoms with E-state index in [2.05, 4.69) is 17.1 Å². The molecule has 2 aromatic heterocycles. The van der Waals surface area contributed by atoms with Crippen molar-refractivity contribution in [2.45, 2.75) is 32.1 Å². The number of aryl methyl sites for hydroxylation is 2. The van der Waals surface area contributed by atoms with Gasteiger partial charge in [0.15, 0.2) is 0 Å². The molecule has 2 heterocycles. The summed E-state index contributed by atoms with van der Waals surface area (Å²) in [5.41, 5.74) is 5.70. The number of nitrogens with zero attached hydrogens (tertiary/aromatic N) is 2. The van der Waals surface area contributed by atoms with Crippen LogP contribution in [0.15, 0.2) is 47.2 Å². The maximum Gasteiger partial charge on any atom is 0.226 e. The Kier molecular flexibility index (Phi) is 4.26. The Balaban J connectivity index is 1.44. The molecule has 4 rings (SSSR count). The van der Waals surface area contributed by atoms with Crippen molar-refractivity contribution in [1.82, 2.24) is 9.88 Å². The van der Waals surface area contributed by atoms with Gasteiger partial charge in [0.05, 0.1) is 12.7 Å². The molecule has 128 valence electrons. The van der Waals surface area contributed by atoms with Gasteiger partial charge in [0.2, 0.25) is 5.91 Å². The van der Waals surface area contributed by atoms with Gasteiger partial charge in [0, 0.05) is 42.9 Å². The molecular formula is C21H22N2O2. The quantitative estimate of drug-likeness (QED) is 0.717. The van der Waals surface area contributed by atoms with Gasteiger partial charge in [0.25, 0.3) is 0 Å². The maximum absolute atomic E-state index is 12.6. The van der Waals surface area contributed by atoms with Crippen LogP contribution in [0.2, 0.25) is 0 Å². The van der Waals surface area contributed by atoms with Crippen LogP contribution >= 0.6 is 0 Å². The number of fused-ring (bicyclic) bond motifs is 2. The van der Waals surface area contributed by atoms with Gasteiger partial charge in [-0.1, -0.05) is 6.07 Å². The third kappa shape index (κ3) is 3.29. The highest BCUT2D eigenvalue weighted by Gasteiger charge is 2.18. The molecule has 1 aliphatic rings. The minimum absolute atomic E-state index is 0.110. The molecule has 0 bridgehead atoms. The van der Waals surface area contributed by atoms with Crippen LogP contribution in [0.1, 0.15) is 28.8 Å². The first kappa shape index (κ1) is 15.9. The van der Waals surface area contributed by atoms with E-state index in [1.54, 1.807) is 17.4 Å². The van der Waals surface area contributed by atoms with Gasteiger partial charge in [-0.05, 0) is 54.7 Å². The van der Waals surface area contributed by atoms with E-state index >= 15 is 0 Å².